The van der Waals surface area contributed by atoms with Gasteiger partial charge in [0, 0.05) is 42.9 Å². The zero-order valence-electron chi connectivity index (χ0n) is 10.8. The first kappa shape index (κ1) is 14.1. The topological polar surface area (TPSA) is 46.6 Å². The van der Waals surface area contributed by atoms with Crippen LogP contribution in [0.3, 0.4) is 0 Å². The minimum absolute atomic E-state index is 0.0294. The number of benzene rings is 1. The molecule has 0 N–H and O–H groups in total. The predicted molar refractivity (Wildman–Crippen MR) is 76.5 cm³/mol. The van der Waals surface area contributed by atoms with E-state index in [2.05, 4.69) is 20.8 Å². The Hall–Kier alpha value is -1.36. The molecule has 0 spiro atoms. The molecular weight excluding hydrogens is 310 g/mol. The highest BCUT2D eigenvalue weighted by Crippen LogP contribution is 2.29. The van der Waals surface area contributed by atoms with Gasteiger partial charge in [0.15, 0.2) is 0 Å². The lowest BCUT2D eigenvalue weighted by atomic mass is 10.1. The monoisotopic (exact) mass is 325 g/mol. The van der Waals surface area contributed by atoms with Crippen molar-refractivity contribution in [2.45, 2.75) is 25.9 Å². The summed E-state index contributed by atoms with van der Waals surface area (Å²) in [7, 11) is 0. The highest BCUT2D eigenvalue weighted by atomic mass is 79.9. The van der Waals surface area contributed by atoms with Gasteiger partial charge in [0.1, 0.15) is 12.4 Å². The van der Waals surface area contributed by atoms with E-state index < -0.39 is 0 Å². The number of esters is 1. The third kappa shape index (κ3) is 3.56. The fourth-order valence-electron chi connectivity index (χ4n) is 2.30. The largest absolute Gasteiger partial charge is 0.462 e. The number of carbonyl (C=O) groups excluding carboxylic acids is 2. The Morgan fingerprint density at radius 2 is 2.11 bits per heavy atom. The maximum absolute atomic E-state index is 10.9. The molecule has 0 aromatic heterocycles. The van der Waals surface area contributed by atoms with Gasteiger partial charge in [0.2, 0.25) is 0 Å². The summed E-state index contributed by atoms with van der Waals surface area (Å²) in [4.78, 5) is 23.9. The molecule has 0 amide bonds. The zero-order valence-corrected chi connectivity index (χ0v) is 12.4. The van der Waals surface area contributed by atoms with Crippen molar-refractivity contribution in [1.82, 2.24) is 0 Å². The SMILES string of the molecule is CC(=O)OC1CCN(c2ccc(C=O)cc2Br)CC1. The predicted octanol–water partition coefficient (Wildman–Crippen LogP) is 2.79. The molecule has 0 bridgehead atoms. The molecule has 1 aromatic carbocycles. The molecule has 1 aromatic rings. The summed E-state index contributed by atoms with van der Waals surface area (Å²) in [5, 5.41) is 0. The number of hydrogen-bond acceptors (Lipinski definition) is 4. The number of ether oxygens (including phenoxy) is 1. The van der Waals surface area contributed by atoms with Crippen LogP contribution in [-0.2, 0) is 9.53 Å². The molecule has 2 rings (SSSR count). The molecule has 0 radical (unpaired) electrons. The van der Waals surface area contributed by atoms with Crippen LogP contribution in [0.4, 0.5) is 5.69 Å². The summed E-state index contributed by atoms with van der Waals surface area (Å²) in [5.41, 5.74) is 1.73. The molecule has 1 aliphatic rings. The standard InChI is InChI=1S/C14H16BrNO3/c1-10(18)19-12-4-6-16(7-5-12)14-3-2-11(9-17)8-13(14)15/h2-3,8-9,12H,4-7H2,1H3. The van der Waals surface area contributed by atoms with Crippen LogP contribution < -0.4 is 4.90 Å². The van der Waals surface area contributed by atoms with Gasteiger partial charge in [-0.2, -0.15) is 0 Å². The number of piperidine rings is 1. The van der Waals surface area contributed by atoms with Gasteiger partial charge in [0.25, 0.3) is 0 Å². The highest BCUT2D eigenvalue weighted by molar-refractivity contribution is 9.10. The first-order chi connectivity index (χ1) is 9.10. The molecule has 1 heterocycles. The Morgan fingerprint density at radius 1 is 1.42 bits per heavy atom. The fourth-order valence-corrected chi connectivity index (χ4v) is 2.95. The van der Waals surface area contributed by atoms with E-state index in [9.17, 15) is 9.59 Å². The lowest BCUT2D eigenvalue weighted by molar-refractivity contribution is -0.147. The summed E-state index contributed by atoms with van der Waals surface area (Å²) < 4.78 is 6.14. The van der Waals surface area contributed by atoms with E-state index in [0.717, 1.165) is 42.4 Å². The minimum Gasteiger partial charge on any atom is -0.462 e. The number of aldehydes is 1. The van der Waals surface area contributed by atoms with E-state index in [1.165, 1.54) is 6.92 Å². The maximum atomic E-state index is 10.9. The van der Waals surface area contributed by atoms with E-state index in [1.54, 1.807) is 0 Å². The van der Waals surface area contributed by atoms with Crippen LogP contribution in [0, 0.1) is 0 Å². The van der Waals surface area contributed by atoms with E-state index >= 15 is 0 Å². The van der Waals surface area contributed by atoms with Crippen LogP contribution in [0.1, 0.15) is 30.1 Å². The molecule has 1 saturated heterocycles. The molecule has 0 atom stereocenters. The van der Waals surface area contributed by atoms with Gasteiger partial charge in [-0.05, 0) is 34.1 Å². The van der Waals surface area contributed by atoms with Gasteiger partial charge in [-0.3, -0.25) is 9.59 Å². The van der Waals surface area contributed by atoms with Crippen molar-refractivity contribution < 1.29 is 14.3 Å². The van der Waals surface area contributed by atoms with Crippen LogP contribution >= 0.6 is 15.9 Å². The Balaban J connectivity index is 2.01. The molecule has 1 fully saturated rings. The van der Waals surface area contributed by atoms with Crippen molar-refractivity contribution in [3.63, 3.8) is 0 Å². The van der Waals surface area contributed by atoms with E-state index in [0.29, 0.717) is 5.56 Å². The lowest BCUT2D eigenvalue weighted by Crippen LogP contribution is -2.37. The zero-order chi connectivity index (χ0) is 13.8. The number of nitrogens with zero attached hydrogens (tertiary/aromatic N) is 1. The molecule has 5 heteroatoms. The van der Waals surface area contributed by atoms with Gasteiger partial charge < -0.3 is 9.64 Å². The quantitative estimate of drug-likeness (QED) is 0.633. The van der Waals surface area contributed by atoms with Gasteiger partial charge in [-0.1, -0.05) is 0 Å². The summed E-state index contributed by atoms with van der Waals surface area (Å²) in [6.45, 7) is 3.13. The van der Waals surface area contributed by atoms with Gasteiger partial charge >= 0.3 is 5.97 Å². The lowest BCUT2D eigenvalue weighted by Gasteiger charge is -2.33. The Morgan fingerprint density at radius 3 is 2.63 bits per heavy atom. The summed E-state index contributed by atoms with van der Waals surface area (Å²) >= 11 is 3.49. The first-order valence-electron chi connectivity index (χ1n) is 6.27. The van der Waals surface area contributed by atoms with Gasteiger partial charge in [-0.15, -0.1) is 0 Å². The van der Waals surface area contributed by atoms with E-state index in [4.69, 9.17) is 4.74 Å². The molecule has 1 aliphatic heterocycles. The molecular formula is C14H16BrNO3. The second-order valence-corrected chi connectivity index (χ2v) is 5.48. The number of carbonyl (C=O) groups is 2. The first-order valence-corrected chi connectivity index (χ1v) is 7.06. The smallest absolute Gasteiger partial charge is 0.302 e. The average Bonchev–Trinajstić information content (AvgIpc) is 2.39. The summed E-state index contributed by atoms with van der Waals surface area (Å²) in [5.74, 6) is -0.213. The highest BCUT2D eigenvalue weighted by Gasteiger charge is 2.22. The van der Waals surface area contributed by atoms with Crippen molar-refractivity contribution in [2.75, 3.05) is 18.0 Å². The van der Waals surface area contributed by atoms with Crippen molar-refractivity contribution in [1.29, 1.82) is 0 Å². The van der Waals surface area contributed by atoms with Crippen LogP contribution in [0.2, 0.25) is 0 Å². The average molecular weight is 326 g/mol. The number of hydrogen-bond donors (Lipinski definition) is 0. The van der Waals surface area contributed by atoms with Crippen molar-refractivity contribution in [3.05, 3.63) is 28.2 Å². The van der Waals surface area contributed by atoms with Crippen LogP contribution in [-0.4, -0.2) is 31.4 Å². The Labute approximate surface area is 120 Å². The van der Waals surface area contributed by atoms with Crippen LogP contribution in [0.25, 0.3) is 0 Å². The van der Waals surface area contributed by atoms with Crippen LogP contribution in [0.5, 0.6) is 0 Å². The second-order valence-electron chi connectivity index (χ2n) is 4.62. The van der Waals surface area contributed by atoms with Gasteiger partial charge in [0.05, 0.1) is 5.69 Å². The van der Waals surface area contributed by atoms with Crippen molar-refractivity contribution in [3.8, 4) is 0 Å². The van der Waals surface area contributed by atoms with E-state index in [1.807, 2.05) is 18.2 Å². The summed E-state index contributed by atoms with van der Waals surface area (Å²) in [6.07, 6.45) is 2.53. The minimum atomic E-state index is -0.213. The number of rotatable bonds is 3. The Bertz CT molecular complexity index is 482. The van der Waals surface area contributed by atoms with Gasteiger partial charge in [-0.25, -0.2) is 0 Å². The second kappa shape index (κ2) is 6.19. The molecule has 0 saturated carbocycles. The summed E-state index contributed by atoms with van der Waals surface area (Å²) in [6, 6.07) is 5.58. The Kier molecular flexibility index (Phi) is 4.58. The molecule has 102 valence electrons. The fraction of sp³-hybridized carbons (Fsp3) is 0.429. The third-order valence-electron chi connectivity index (χ3n) is 3.22. The van der Waals surface area contributed by atoms with Crippen LogP contribution in [0.15, 0.2) is 22.7 Å². The number of halogens is 1. The van der Waals surface area contributed by atoms with Crippen molar-refractivity contribution >= 4 is 33.9 Å². The van der Waals surface area contributed by atoms with E-state index in [-0.39, 0.29) is 12.1 Å². The molecule has 0 aliphatic carbocycles. The maximum Gasteiger partial charge on any atom is 0.302 e. The van der Waals surface area contributed by atoms with Crippen molar-refractivity contribution in [2.24, 2.45) is 0 Å². The number of anilines is 1. The molecule has 4 nitrogen and oxygen atoms in total. The molecule has 0 unspecified atom stereocenters. The normalized spacial score (nSPS) is 16.2. The molecule has 19 heavy (non-hydrogen) atoms. The third-order valence-corrected chi connectivity index (χ3v) is 3.86.